The second kappa shape index (κ2) is 4.71. The van der Waals surface area contributed by atoms with Crippen LogP contribution in [0.3, 0.4) is 0 Å². The quantitative estimate of drug-likeness (QED) is 0.927. The summed E-state index contributed by atoms with van der Waals surface area (Å²) in [6.45, 7) is 2.34. The lowest BCUT2D eigenvalue weighted by Crippen LogP contribution is -2.19. The number of nitrogens with zero attached hydrogens (tertiary/aromatic N) is 2. The summed E-state index contributed by atoms with van der Waals surface area (Å²) in [5, 5.41) is 0. The fraction of sp³-hybridized carbons (Fsp3) is 0.214. The van der Waals surface area contributed by atoms with Crippen LogP contribution in [0.4, 0.5) is 5.82 Å². The van der Waals surface area contributed by atoms with Gasteiger partial charge in [-0.2, -0.15) is 0 Å². The van der Waals surface area contributed by atoms with Crippen LogP contribution in [-0.4, -0.2) is 4.98 Å². The van der Waals surface area contributed by atoms with Crippen molar-refractivity contribution in [2.24, 2.45) is 5.73 Å². The van der Waals surface area contributed by atoms with E-state index >= 15 is 0 Å². The van der Waals surface area contributed by atoms with E-state index in [1.807, 2.05) is 12.3 Å². The Morgan fingerprint density at radius 2 is 1.89 bits per heavy atom. The van der Waals surface area contributed by atoms with Crippen LogP contribution in [0.2, 0.25) is 0 Å². The highest BCUT2D eigenvalue weighted by molar-refractivity contribution is 9.10. The Bertz CT molecular complexity index is 558. The predicted octanol–water partition coefficient (Wildman–Crippen LogP) is 2.82. The van der Waals surface area contributed by atoms with Gasteiger partial charge < -0.3 is 10.6 Å². The monoisotopic (exact) mass is 303 g/mol. The number of rotatable bonds is 2. The van der Waals surface area contributed by atoms with Gasteiger partial charge in [0.1, 0.15) is 5.82 Å². The number of hydrogen-bond acceptors (Lipinski definition) is 3. The van der Waals surface area contributed by atoms with Crippen LogP contribution in [0, 0.1) is 0 Å². The van der Waals surface area contributed by atoms with E-state index in [4.69, 9.17) is 5.73 Å². The van der Waals surface area contributed by atoms with E-state index in [1.165, 1.54) is 11.1 Å². The zero-order chi connectivity index (χ0) is 12.5. The first-order valence-corrected chi connectivity index (χ1v) is 6.73. The van der Waals surface area contributed by atoms with E-state index in [-0.39, 0.29) is 0 Å². The van der Waals surface area contributed by atoms with Crippen LogP contribution in [0.15, 0.2) is 41.0 Å². The van der Waals surface area contributed by atoms with Crippen LogP contribution in [0.1, 0.15) is 16.7 Å². The third-order valence-electron chi connectivity index (χ3n) is 3.27. The molecule has 0 radical (unpaired) electrons. The van der Waals surface area contributed by atoms with Crippen molar-refractivity contribution in [3.8, 4) is 0 Å². The molecule has 0 bridgehead atoms. The number of pyridine rings is 1. The molecule has 92 valence electrons. The largest absolute Gasteiger partial charge is 0.348 e. The molecule has 1 aromatic heterocycles. The highest BCUT2D eigenvalue weighted by Crippen LogP contribution is 2.29. The first-order chi connectivity index (χ1) is 8.78. The summed E-state index contributed by atoms with van der Waals surface area (Å²) in [5.74, 6) is 0.997. The normalized spacial score (nSPS) is 13.8. The molecule has 0 unspecified atom stereocenters. The fourth-order valence-corrected chi connectivity index (χ4v) is 2.77. The maximum Gasteiger partial charge on any atom is 0.133 e. The van der Waals surface area contributed by atoms with Crippen molar-refractivity contribution >= 4 is 21.7 Å². The molecule has 18 heavy (non-hydrogen) atoms. The summed E-state index contributed by atoms with van der Waals surface area (Å²) in [7, 11) is 0. The van der Waals surface area contributed by atoms with Gasteiger partial charge >= 0.3 is 0 Å². The van der Waals surface area contributed by atoms with Gasteiger partial charge in [0.05, 0.1) is 0 Å². The topological polar surface area (TPSA) is 42.1 Å². The lowest BCUT2D eigenvalue weighted by atomic mass is 10.1. The minimum Gasteiger partial charge on any atom is -0.348 e. The Hall–Kier alpha value is -1.39. The van der Waals surface area contributed by atoms with Crippen LogP contribution in [0.5, 0.6) is 0 Å². The Morgan fingerprint density at radius 1 is 1.22 bits per heavy atom. The van der Waals surface area contributed by atoms with Crippen molar-refractivity contribution in [3.05, 3.63) is 57.7 Å². The molecule has 3 rings (SSSR count). The van der Waals surface area contributed by atoms with Crippen LogP contribution in [-0.2, 0) is 19.6 Å². The molecule has 4 heteroatoms. The molecule has 1 aliphatic heterocycles. The van der Waals surface area contributed by atoms with E-state index < -0.39 is 0 Å². The second-order valence-corrected chi connectivity index (χ2v) is 5.38. The molecule has 1 aromatic carbocycles. The summed E-state index contributed by atoms with van der Waals surface area (Å²) >= 11 is 3.44. The van der Waals surface area contributed by atoms with Gasteiger partial charge in [-0.15, -0.1) is 0 Å². The summed E-state index contributed by atoms with van der Waals surface area (Å²) in [5.41, 5.74) is 9.65. The molecular weight excluding hydrogens is 290 g/mol. The van der Waals surface area contributed by atoms with E-state index in [2.05, 4.69) is 50.1 Å². The molecule has 0 amide bonds. The molecule has 3 nitrogen and oxygen atoms in total. The van der Waals surface area contributed by atoms with E-state index in [0.717, 1.165) is 28.9 Å². The lowest BCUT2D eigenvalue weighted by Gasteiger charge is -2.19. The number of halogens is 1. The Morgan fingerprint density at radius 3 is 2.50 bits per heavy atom. The number of benzene rings is 1. The molecule has 0 fully saturated rings. The molecule has 2 N–H and O–H groups in total. The third kappa shape index (κ3) is 2.02. The van der Waals surface area contributed by atoms with Crippen molar-refractivity contribution in [1.29, 1.82) is 0 Å². The molecule has 2 aromatic rings. The van der Waals surface area contributed by atoms with Crippen LogP contribution in [0.25, 0.3) is 0 Å². The smallest absolute Gasteiger partial charge is 0.133 e. The first-order valence-electron chi connectivity index (χ1n) is 5.94. The molecule has 1 aliphatic rings. The molecule has 2 heterocycles. The third-order valence-corrected chi connectivity index (χ3v) is 3.70. The van der Waals surface area contributed by atoms with Crippen LogP contribution < -0.4 is 10.6 Å². The van der Waals surface area contributed by atoms with E-state index in [1.54, 1.807) is 0 Å². The highest BCUT2D eigenvalue weighted by atomic mass is 79.9. The fourth-order valence-electron chi connectivity index (χ4n) is 2.39. The summed E-state index contributed by atoms with van der Waals surface area (Å²) in [6, 6.07) is 10.6. The summed E-state index contributed by atoms with van der Waals surface area (Å²) in [4.78, 5) is 6.79. The van der Waals surface area contributed by atoms with Crippen molar-refractivity contribution in [2.45, 2.75) is 19.6 Å². The molecule has 0 aliphatic carbocycles. The van der Waals surface area contributed by atoms with E-state index in [0.29, 0.717) is 6.54 Å². The van der Waals surface area contributed by atoms with Crippen molar-refractivity contribution in [3.63, 3.8) is 0 Å². The van der Waals surface area contributed by atoms with Gasteiger partial charge in [-0.05, 0) is 33.1 Å². The minimum atomic E-state index is 0.509. The van der Waals surface area contributed by atoms with Crippen LogP contribution >= 0.6 is 15.9 Å². The first kappa shape index (κ1) is 11.7. The SMILES string of the molecule is NCc1cc(Br)cnc1N1Cc2ccccc2C1. The number of hydrogen-bond donors (Lipinski definition) is 1. The average molecular weight is 304 g/mol. The van der Waals surface area contributed by atoms with Gasteiger partial charge in [0.25, 0.3) is 0 Å². The molecule has 0 saturated heterocycles. The molecule has 0 saturated carbocycles. The molecule has 0 atom stereocenters. The maximum absolute atomic E-state index is 5.80. The van der Waals surface area contributed by atoms with Gasteiger partial charge in [-0.3, -0.25) is 0 Å². The van der Waals surface area contributed by atoms with Crippen molar-refractivity contribution in [2.75, 3.05) is 4.90 Å². The van der Waals surface area contributed by atoms with Gasteiger partial charge in [0.2, 0.25) is 0 Å². The Labute approximate surface area is 115 Å². The predicted molar refractivity (Wildman–Crippen MR) is 76.2 cm³/mol. The standard InChI is InChI=1S/C14H14BrN3/c15-13-5-12(6-16)14(17-7-13)18-8-10-3-1-2-4-11(10)9-18/h1-5,7H,6,8-9,16H2. The molecular formula is C14H14BrN3. The van der Waals surface area contributed by atoms with Crippen molar-refractivity contribution in [1.82, 2.24) is 4.98 Å². The Balaban J connectivity index is 1.95. The number of aromatic nitrogens is 1. The van der Waals surface area contributed by atoms with Gasteiger partial charge in [0, 0.05) is 35.9 Å². The number of anilines is 1. The van der Waals surface area contributed by atoms with E-state index in [9.17, 15) is 0 Å². The maximum atomic E-state index is 5.80. The summed E-state index contributed by atoms with van der Waals surface area (Å²) < 4.78 is 0.975. The zero-order valence-corrected chi connectivity index (χ0v) is 11.5. The van der Waals surface area contributed by atoms with Gasteiger partial charge in [-0.25, -0.2) is 4.98 Å². The number of nitrogens with two attached hydrogens (primary N) is 1. The zero-order valence-electron chi connectivity index (χ0n) is 9.94. The Kier molecular flexibility index (Phi) is 3.06. The van der Waals surface area contributed by atoms with Gasteiger partial charge in [0.15, 0.2) is 0 Å². The number of fused-ring (bicyclic) bond motifs is 1. The highest BCUT2D eigenvalue weighted by Gasteiger charge is 2.21. The van der Waals surface area contributed by atoms with Gasteiger partial charge in [-0.1, -0.05) is 24.3 Å². The lowest BCUT2D eigenvalue weighted by molar-refractivity contribution is 0.838. The summed E-state index contributed by atoms with van der Waals surface area (Å²) in [6.07, 6.45) is 1.83. The minimum absolute atomic E-state index is 0.509. The van der Waals surface area contributed by atoms with Crippen molar-refractivity contribution < 1.29 is 0 Å². The molecule has 0 spiro atoms. The second-order valence-electron chi connectivity index (χ2n) is 4.47. The average Bonchev–Trinajstić information content (AvgIpc) is 2.82.